The molecule has 0 amide bonds. The van der Waals surface area contributed by atoms with Gasteiger partial charge in [0.25, 0.3) is 0 Å². The summed E-state index contributed by atoms with van der Waals surface area (Å²) in [5.74, 6) is -9.61. The molecule has 15 atom stereocenters. The van der Waals surface area contributed by atoms with E-state index < -0.39 is 172 Å². The van der Waals surface area contributed by atoms with E-state index in [4.69, 9.17) is 71.1 Å². The van der Waals surface area contributed by atoms with Gasteiger partial charge in [0.2, 0.25) is 0 Å². The summed E-state index contributed by atoms with van der Waals surface area (Å²) in [5.41, 5.74) is 0. The fourth-order valence-electron chi connectivity index (χ4n) is 6.77. The molecule has 3 fully saturated rings. The summed E-state index contributed by atoms with van der Waals surface area (Å²) >= 11 is 0. The average molecular weight is 925 g/mol. The van der Waals surface area contributed by atoms with Crippen molar-refractivity contribution in [2.45, 2.75) is 161 Å². The largest absolute Gasteiger partial charge is 0.463 e. The van der Waals surface area contributed by atoms with Crippen LogP contribution in [0.3, 0.4) is 0 Å². The van der Waals surface area contributed by atoms with E-state index in [2.05, 4.69) is 0 Å². The van der Waals surface area contributed by atoms with E-state index in [1.165, 1.54) is 0 Å². The van der Waals surface area contributed by atoms with Gasteiger partial charge in [-0.2, -0.15) is 0 Å². The Morgan fingerprint density at radius 2 is 0.578 bits per heavy atom. The molecule has 64 heavy (non-hydrogen) atoms. The molecular formula is C38H52O26. The van der Waals surface area contributed by atoms with Gasteiger partial charge in [-0.15, -0.1) is 0 Å². The maximum absolute atomic E-state index is 12.9. The van der Waals surface area contributed by atoms with Crippen LogP contribution in [0.15, 0.2) is 0 Å². The number of ether oxygens (including phenoxy) is 15. The fraction of sp³-hybridized carbons (Fsp3) is 0.737. The van der Waals surface area contributed by atoms with Crippen molar-refractivity contribution in [2.75, 3.05) is 19.8 Å². The Bertz CT molecular complexity index is 1730. The monoisotopic (exact) mass is 924 g/mol. The zero-order valence-corrected chi connectivity index (χ0v) is 36.4. The van der Waals surface area contributed by atoms with E-state index in [9.17, 15) is 53.1 Å². The van der Waals surface area contributed by atoms with E-state index in [0.717, 1.165) is 69.2 Å². The molecule has 0 bridgehead atoms. The summed E-state index contributed by atoms with van der Waals surface area (Å²) in [4.78, 5) is 124. The quantitative estimate of drug-likeness (QED) is 0.123. The minimum atomic E-state index is -2.02. The van der Waals surface area contributed by atoms with Gasteiger partial charge in [0.05, 0.1) is 0 Å². The molecule has 0 aromatic rings. The van der Waals surface area contributed by atoms with Crippen molar-refractivity contribution in [1.29, 1.82) is 0 Å². The molecule has 3 aliphatic rings. The van der Waals surface area contributed by atoms with Crippen LogP contribution >= 0.6 is 0 Å². The van der Waals surface area contributed by atoms with E-state index >= 15 is 0 Å². The molecule has 26 heteroatoms. The van der Waals surface area contributed by atoms with Gasteiger partial charge in [0.1, 0.15) is 50.3 Å². The van der Waals surface area contributed by atoms with Gasteiger partial charge >= 0.3 is 59.7 Å². The normalized spacial score (nSPS) is 32.3. The molecule has 0 aromatic carbocycles. The van der Waals surface area contributed by atoms with Crippen molar-refractivity contribution in [1.82, 2.24) is 0 Å². The van der Waals surface area contributed by atoms with Crippen molar-refractivity contribution in [3.05, 3.63) is 0 Å². The highest BCUT2D eigenvalue weighted by Gasteiger charge is 2.59. The standard InChI is InChI=1S/C38H52O26/c1-14(39)50-11-24-28(30(54-18(5)43)33(36(49)60-24)57-21(8)46)63-38-35(59-23(10)48)32(56-20(7)45)29(26(62-38)13-52-16(3)41)64-37-34(58-22(9)47)31(55-19(6)44)27(53-17(4)42)25(61-37)12-51-15(2)40/h24-38,49H,11-13H2,1-10H3/t24-,25-,26-,27-,28+,29+,30+,31+,32+,33+,34-,35+,36-,37+,38-/m0/s1. The zero-order valence-electron chi connectivity index (χ0n) is 36.4. The first kappa shape index (κ1) is 52.8. The zero-order chi connectivity index (χ0) is 48.2. The van der Waals surface area contributed by atoms with E-state index in [0.29, 0.717) is 0 Å². The average Bonchev–Trinajstić information content (AvgIpc) is 3.15. The molecule has 0 radical (unpaired) electrons. The lowest BCUT2D eigenvalue weighted by atomic mass is 9.95. The van der Waals surface area contributed by atoms with Gasteiger partial charge in [-0.1, -0.05) is 0 Å². The highest BCUT2D eigenvalue weighted by atomic mass is 16.8. The Hall–Kier alpha value is -5.54. The SMILES string of the molecule is CC(=O)OC[C@@H]1O[C@H](O[C@H]2[C@@H](OC(C)=O)[C@@H](OC(C)=O)[C@H](O[C@H]3[C@@H](OC(C)=O)[C@@H](OC(C)=O)[C@@H](O)O[C@H]3COC(C)=O)O[C@H]2COC(C)=O)[C@@H](OC(C)=O)[C@H](OC(C)=O)[C@H]1OC(C)=O. The van der Waals surface area contributed by atoms with Crippen molar-refractivity contribution < 1.29 is 124 Å². The second-order valence-electron chi connectivity index (χ2n) is 14.3. The van der Waals surface area contributed by atoms with Crippen LogP contribution < -0.4 is 0 Å². The number of hydrogen-bond donors (Lipinski definition) is 1. The van der Waals surface area contributed by atoms with Crippen molar-refractivity contribution in [2.24, 2.45) is 0 Å². The van der Waals surface area contributed by atoms with Gasteiger partial charge in [-0.25, -0.2) is 0 Å². The topological polar surface area (TPSA) is 329 Å². The van der Waals surface area contributed by atoms with Crippen molar-refractivity contribution in [3.63, 3.8) is 0 Å². The molecule has 0 saturated carbocycles. The highest BCUT2D eigenvalue weighted by Crippen LogP contribution is 2.38. The first-order chi connectivity index (χ1) is 29.9. The third kappa shape index (κ3) is 15.6. The molecule has 0 spiro atoms. The Morgan fingerprint density at radius 3 is 0.906 bits per heavy atom. The Balaban J connectivity index is 2.28. The molecule has 3 aliphatic heterocycles. The summed E-state index contributed by atoms with van der Waals surface area (Å²) in [6, 6.07) is 0. The second kappa shape index (κ2) is 23.9. The minimum Gasteiger partial charge on any atom is -0.463 e. The molecule has 3 saturated heterocycles. The smallest absolute Gasteiger partial charge is 0.303 e. The van der Waals surface area contributed by atoms with Crippen LogP contribution in [-0.2, 0) is 119 Å². The molecular weight excluding hydrogens is 872 g/mol. The summed E-state index contributed by atoms with van der Waals surface area (Å²) in [6.45, 7) is 7.65. The third-order valence-electron chi connectivity index (χ3n) is 8.84. The molecule has 0 aliphatic carbocycles. The van der Waals surface area contributed by atoms with Crippen LogP contribution in [-0.4, -0.2) is 177 Å². The van der Waals surface area contributed by atoms with Crippen LogP contribution in [0, 0.1) is 0 Å². The van der Waals surface area contributed by atoms with E-state index in [-0.39, 0.29) is 0 Å². The van der Waals surface area contributed by atoms with Gasteiger partial charge in [-0.05, 0) is 0 Å². The number of hydrogen-bond acceptors (Lipinski definition) is 26. The molecule has 3 rings (SSSR count). The van der Waals surface area contributed by atoms with Crippen LogP contribution in [0.2, 0.25) is 0 Å². The summed E-state index contributed by atoms with van der Waals surface area (Å²) < 4.78 is 84.2. The lowest BCUT2D eigenvalue weighted by Gasteiger charge is -2.50. The van der Waals surface area contributed by atoms with Gasteiger partial charge in [0, 0.05) is 69.2 Å². The summed E-state index contributed by atoms with van der Waals surface area (Å²) in [7, 11) is 0. The Labute approximate surface area is 364 Å². The van der Waals surface area contributed by atoms with Crippen LogP contribution in [0.1, 0.15) is 69.2 Å². The molecule has 3 heterocycles. The summed E-state index contributed by atoms with van der Waals surface area (Å²) in [6.07, 6.45) is -27.2. The number of aliphatic hydroxyl groups excluding tert-OH is 1. The predicted octanol–water partition coefficient (Wildman–Crippen LogP) is -1.86. The lowest BCUT2D eigenvalue weighted by molar-refractivity contribution is -0.378. The molecule has 0 aromatic heterocycles. The number of carbonyl (C=O) groups is 10. The summed E-state index contributed by atoms with van der Waals surface area (Å²) in [5, 5.41) is 10.9. The molecule has 0 unspecified atom stereocenters. The fourth-order valence-corrected chi connectivity index (χ4v) is 6.77. The predicted molar refractivity (Wildman–Crippen MR) is 197 cm³/mol. The van der Waals surface area contributed by atoms with Crippen LogP contribution in [0.4, 0.5) is 0 Å². The van der Waals surface area contributed by atoms with Gasteiger partial charge in [-0.3, -0.25) is 47.9 Å². The maximum Gasteiger partial charge on any atom is 0.303 e. The number of esters is 10. The van der Waals surface area contributed by atoms with Crippen LogP contribution in [0.5, 0.6) is 0 Å². The van der Waals surface area contributed by atoms with E-state index in [1.54, 1.807) is 0 Å². The van der Waals surface area contributed by atoms with Gasteiger partial charge in [0.15, 0.2) is 61.6 Å². The Kier molecular flexibility index (Phi) is 19.8. The lowest BCUT2D eigenvalue weighted by Crippen LogP contribution is -2.68. The first-order valence-corrected chi connectivity index (χ1v) is 19.4. The van der Waals surface area contributed by atoms with Gasteiger partial charge < -0.3 is 76.2 Å². The first-order valence-electron chi connectivity index (χ1n) is 19.4. The minimum absolute atomic E-state index is 0.681. The number of rotatable bonds is 17. The number of aliphatic hydroxyl groups is 1. The second-order valence-corrected chi connectivity index (χ2v) is 14.3. The number of carbonyl (C=O) groups excluding carboxylic acids is 10. The molecule has 26 nitrogen and oxygen atoms in total. The maximum atomic E-state index is 12.9. The Morgan fingerprint density at radius 1 is 0.328 bits per heavy atom. The van der Waals surface area contributed by atoms with E-state index in [1.807, 2.05) is 0 Å². The molecule has 1 N–H and O–H groups in total. The molecule has 360 valence electrons. The highest BCUT2D eigenvalue weighted by molar-refractivity contribution is 5.70. The van der Waals surface area contributed by atoms with Crippen LogP contribution in [0.25, 0.3) is 0 Å². The van der Waals surface area contributed by atoms with Crippen molar-refractivity contribution >= 4 is 59.7 Å². The third-order valence-corrected chi connectivity index (χ3v) is 8.84. The van der Waals surface area contributed by atoms with Crippen molar-refractivity contribution in [3.8, 4) is 0 Å².